The van der Waals surface area contributed by atoms with Gasteiger partial charge in [0.1, 0.15) is 5.75 Å². The van der Waals surface area contributed by atoms with E-state index in [0.717, 1.165) is 36.3 Å². The first-order valence-corrected chi connectivity index (χ1v) is 9.00. The van der Waals surface area contributed by atoms with Gasteiger partial charge >= 0.3 is 0 Å². The van der Waals surface area contributed by atoms with Crippen molar-refractivity contribution in [1.82, 2.24) is 9.88 Å². The summed E-state index contributed by atoms with van der Waals surface area (Å²) in [6.45, 7) is 10.8. The molecule has 1 aliphatic rings. The van der Waals surface area contributed by atoms with E-state index in [4.69, 9.17) is 0 Å². The molecule has 1 N–H and O–H groups in total. The number of aromatic nitrogens is 1. The van der Waals surface area contributed by atoms with E-state index >= 15 is 0 Å². The number of aromatic hydroxyl groups is 1. The highest BCUT2D eigenvalue weighted by atomic mass is 16.3. The Balaban J connectivity index is 1.86. The third kappa shape index (κ3) is 3.78. The van der Waals surface area contributed by atoms with E-state index in [1.807, 2.05) is 18.3 Å². The Morgan fingerprint density at radius 3 is 3.04 bits per heavy atom. The molecule has 0 bridgehead atoms. The van der Waals surface area contributed by atoms with Gasteiger partial charge in [-0.2, -0.15) is 0 Å². The minimum Gasteiger partial charge on any atom is -0.508 e. The zero-order chi connectivity index (χ0) is 17.1. The second kappa shape index (κ2) is 7.35. The molecule has 1 fully saturated rings. The Morgan fingerprint density at radius 2 is 2.25 bits per heavy atom. The standard InChI is InChI=1S/C21H28N2O/c1-4-15(2)14-23-10-8-16(3)11-18(23)12-17-7-9-22-21-6-5-19(24)13-20(17)21/h4-7,9,13,15-16,18,24H,1,8,10-12,14H2,2-3H3. The van der Waals surface area contributed by atoms with Gasteiger partial charge in [0, 0.05) is 24.2 Å². The molecule has 3 heteroatoms. The van der Waals surface area contributed by atoms with Crippen molar-refractivity contribution in [2.24, 2.45) is 11.8 Å². The van der Waals surface area contributed by atoms with E-state index in [1.165, 1.54) is 18.4 Å². The maximum atomic E-state index is 9.86. The second-order valence-corrected chi connectivity index (χ2v) is 7.37. The average Bonchev–Trinajstić information content (AvgIpc) is 2.57. The van der Waals surface area contributed by atoms with Crippen LogP contribution in [0.25, 0.3) is 10.9 Å². The molecule has 1 aliphatic heterocycles. The van der Waals surface area contributed by atoms with Crippen molar-refractivity contribution in [2.75, 3.05) is 13.1 Å². The summed E-state index contributed by atoms with van der Waals surface area (Å²) in [7, 11) is 0. The number of benzene rings is 1. The van der Waals surface area contributed by atoms with Gasteiger partial charge in [-0.15, -0.1) is 6.58 Å². The van der Waals surface area contributed by atoms with E-state index in [9.17, 15) is 5.11 Å². The number of hydrogen-bond donors (Lipinski definition) is 1. The van der Waals surface area contributed by atoms with Crippen LogP contribution in [0, 0.1) is 11.8 Å². The lowest BCUT2D eigenvalue weighted by Crippen LogP contribution is -2.45. The Hall–Kier alpha value is -1.87. The predicted molar refractivity (Wildman–Crippen MR) is 100 cm³/mol. The van der Waals surface area contributed by atoms with Crippen LogP contribution in [-0.4, -0.2) is 34.1 Å². The molecule has 1 aromatic heterocycles. The number of piperidine rings is 1. The third-order valence-electron chi connectivity index (χ3n) is 5.30. The van der Waals surface area contributed by atoms with Crippen molar-refractivity contribution in [3.05, 3.63) is 48.7 Å². The van der Waals surface area contributed by atoms with Crippen LogP contribution in [0.4, 0.5) is 0 Å². The fourth-order valence-corrected chi connectivity index (χ4v) is 3.82. The van der Waals surface area contributed by atoms with Gasteiger partial charge < -0.3 is 5.11 Å². The fraction of sp³-hybridized carbons (Fsp3) is 0.476. The summed E-state index contributed by atoms with van der Waals surface area (Å²) in [5, 5.41) is 10.9. The quantitative estimate of drug-likeness (QED) is 0.828. The second-order valence-electron chi connectivity index (χ2n) is 7.37. The fourth-order valence-electron chi connectivity index (χ4n) is 3.82. The predicted octanol–water partition coefficient (Wildman–Crippen LogP) is 4.41. The van der Waals surface area contributed by atoms with Gasteiger partial charge in [0.05, 0.1) is 5.52 Å². The first kappa shape index (κ1) is 17.0. The van der Waals surface area contributed by atoms with Crippen LogP contribution < -0.4 is 0 Å². The molecule has 2 heterocycles. The van der Waals surface area contributed by atoms with E-state index in [2.05, 4.69) is 42.5 Å². The molecule has 0 radical (unpaired) electrons. The Labute approximate surface area is 145 Å². The molecule has 24 heavy (non-hydrogen) atoms. The summed E-state index contributed by atoms with van der Waals surface area (Å²) in [6.07, 6.45) is 7.45. The lowest BCUT2D eigenvalue weighted by molar-refractivity contribution is 0.108. The minimum atomic E-state index is 0.311. The molecule has 0 saturated carbocycles. The molecule has 3 atom stereocenters. The highest BCUT2D eigenvalue weighted by Gasteiger charge is 2.27. The molecule has 0 amide bonds. The molecular formula is C21H28N2O. The van der Waals surface area contributed by atoms with Crippen molar-refractivity contribution in [3.8, 4) is 5.75 Å². The van der Waals surface area contributed by atoms with Crippen molar-refractivity contribution in [1.29, 1.82) is 0 Å². The first-order valence-electron chi connectivity index (χ1n) is 9.00. The van der Waals surface area contributed by atoms with Crippen LogP contribution in [0.15, 0.2) is 43.1 Å². The number of nitrogens with zero attached hydrogens (tertiary/aromatic N) is 2. The maximum Gasteiger partial charge on any atom is 0.116 e. The molecule has 3 unspecified atom stereocenters. The molecule has 0 spiro atoms. The summed E-state index contributed by atoms with van der Waals surface area (Å²) in [5.41, 5.74) is 2.24. The monoisotopic (exact) mass is 324 g/mol. The molecule has 1 saturated heterocycles. The van der Waals surface area contributed by atoms with Crippen molar-refractivity contribution in [3.63, 3.8) is 0 Å². The number of likely N-dealkylation sites (tertiary alicyclic amines) is 1. The number of hydrogen-bond acceptors (Lipinski definition) is 3. The van der Waals surface area contributed by atoms with Gasteiger partial charge in [-0.25, -0.2) is 0 Å². The number of pyridine rings is 1. The van der Waals surface area contributed by atoms with E-state index in [0.29, 0.717) is 17.7 Å². The lowest BCUT2D eigenvalue weighted by Gasteiger charge is -2.40. The highest BCUT2D eigenvalue weighted by molar-refractivity contribution is 5.83. The van der Waals surface area contributed by atoms with Crippen molar-refractivity contribution >= 4 is 10.9 Å². The van der Waals surface area contributed by atoms with Gasteiger partial charge in [-0.05, 0) is 67.5 Å². The number of phenolic OH excluding ortho intramolecular Hbond substituents is 1. The van der Waals surface area contributed by atoms with Crippen molar-refractivity contribution in [2.45, 2.75) is 39.2 Å². The molecule has 3 nitrogen and oxygen atoms in total. The Kier molecular flexibility index (Phi) is 5.20. The van der Waals surface area contributed by atoms with E-state index in [-0.39, 0.29) is 0 Å². The van der Waals surface area contributed by atoms with Gasteiger partial charge in [-0.3, -0.25) is 9.88 Å². The lowest BCUT2D eigenvalue weighted by atomic mass is 9.87. The zero-order valence-corrected chi connectivity index (χ0v) is 14.8. The molecular weight excluding hydrogens is 296 g/mol. The third-order valence-corrected chi connectivity index (χ3v) is 5.30. The SMILES string of the molecule is C=CC(C)CN1CCC(C)CC1Cc1ccnc2ccc(O)cc12. The van der Waals surface area contributed by atoms with Crippen LogP contribution in [0.2, 0.25) is 0 Å². The normalized spacial score (nSPS) is 23.2. The topological polar surface area (TPSA) is 36.4 Å². The average molecular weight is 324 g/mol. The number of phenols is 1. The highest BCUT2D eigenvalue weighted by Crippen LogP contribution is 2.29. The van der Waals surface area contributed by atoms with Crippen LogP contribution in [0.5, 0.6) is 5.75 Å². The maximum absolute atomic E-state index is 9.86. The zero-order valence-electron chi connectivity index (χ0n) is 14.8. The molecule has 0 aliphatic carbocycles. The van der Waals surface area contributed by atoms with E-state index in [1.54, 1.807) is 6.07 Å². The van der Waals surface area contributed by atoms with Gasteiger partial charge in [-0.1, -0.05) is 19.9 Å². The van der Waals surface area contributed by atoms with Crippen molar-refractivity contribution < 1.29 is 5.11 Å². The molecule has 128 valence electrons. The smallest absolute Gasteiger partial charge is 0.116 e. The molecule has 2 aromatic rings. The summed E-state index contributed by atoms with van der Waals surface area (Å²) < 4.78 is 0. The van der Waals surface area contributed by atoms with Crippen LogP contribution in [0.1, 0.15) is 32.3 Å². The van der Waals surface area contributed by atoms with Crippen LogP contribution in [0.3, 0.4) is 0 Å². The van der Waals surface area contributed by atoms with Gasteiger partial charge in [0.25, 0.3) is 0 Å². The minimum absolute atomic E-state index is 0.311. The summed E-state index contributed by atoms with van der Waals surface area (Å²) in [5.74, 6) is 1.59. The first-order chi connectivity index (χ1) is 11.6. The van der Waals surface area contributed by atoms with E-state index < -0.39 is 0 Å². The van der Waals surface area contributed by atoms with Crippen LogP contribution >= 0.6 is 0 Å². The largest absolute Gasteiger partial charge is 0.508 e. The Morgan fingerprint density at radius 1 is 1.42 bits per heavy atom. The summed E-state index contributed by atoms with van der Waals surface area (Å²) >= 11 is 0. The number of rotatable bonds is 5. The molecule has 1 aromatic carbocycles. The Bertz CT molecular complexity index is 712. The van der Waals surface area contributed by atoms with Gasteiger partial charge in [0.2, 0.25) is 0 Å². The summed E-state index contributed by atoms with van der Waals surface area (Å²) in [4.78, 5) is 7.06. The van der Waals surface area contributed by atoms with Crippen LogP contribution in [-0.2, 0) is 6.42 Å². The molecule has 3 rings (SSSR count). The van der Waals surface area contributed by atoms with Gasteiger partial charge in [0.15, 0.2) is 0 Å². The number of fused-ring (bicyclic) bond motifs is 1. The summed E-state index contributed by atoms with van der Waals surface area (Å²) in [6, 6.07) is 8.11.